The van der Waals surface area contributed by atoms with Crippen LogP contribution in [0.4, 0.5) is 11.5 Å². The highest BCUT2D eigenvalue weighted by Crippen LogP contribution is 2.37. The summed E-state index contributed by atoms with van der Waals surface area (Å²) in [5, 5.41) is 2.96. The van der Waals surface area contributed by atoms with Gasteiger partial charge in [-0.15, -0.1) is 10.1 Å². The topological polar surface area (TPSA) is 149 Å². The Bertz CT molecular complexity index is 1770. The first-order valence-electron chi connectivity index (χ1n) is 17.4. The van der Waals surface area contributed by atoms with Gasteiger partial charge in [0.05, 0.1) is 17.4 Å². The minimum absolute atomic E-state index is 0.0704. The smallest absolute Gasteiger partial charge is 0.291 e. The van der Waals surface area contributed by atoms with Crippen LogP contribution < -0.4 is 11.1 Å². The summed E-state index contributed by atoms with van der Waals surface area (Å²) in [4.78, 5) is 30.4. The number of benzene rings is 1. The Balaban J connectivity index is 1.81. The highest BCUT2D eigenvalue weighted by atomic mass is 32.3. The molecule has 4 N–H and O–H groups in total. The summed E-state index contributed by atoms with van der Waals surface area (Å²) in [6, 6.07) is 10.3. The third kappa shape index (κ3) is 12.1. The molecule has 2 amide bonds. The fraction of sp³-hybridized carbons (Fsp3) is 0.500. The van der Waals surface area contributed by atoms with E-state index < -0.39 is 32.6 Å². The molecule has 0 fully saturated rings. The molecule has 10 nitrogen and oxygen atoms in total. The average Bonchev–Trinajstić information content (AvgIpc) is 3.46. The van der Waals surface area contributed by atoms with Gasteiger partial charge in [0.25, 0.3) is 11.8 Å². The fourth-order valence-electron chi connectivity index (χ4n) is 4.46. The summed E-state index contributed by atoms with van der Waals surface area (Å²) >= 11 is 0. The van der Waals surface area contributed by atoms with E-state index in [-0.39, 0.29) is 33.1 Å². The standard InChI is InChI=1S/C38H58N4O6SSi2/c1-28-19-22-46-33(28)36(44)41-32-16-12-15-29(25-32)17-18-30-26-31(27-40-34(30)39)35(43)42-49(45,23-13-20-47-50(8,9)37(2,3)4)24-14-21-48-51(10,11)38(5,6)7/h12,15-16,19,22,25-27,49H,13-14,20-21,23-24H2,1-11H3,(H2,39,40)(H,41,44)(H,42,43,45). The Labute approximate surface area is 307 Å². The molecule has 0 saturated heterocycles. The van der Waals surface area contributed by atoms with Crippen LogP contribution in [0.15, 0.2) is 57.6 Å². The third-order valence-electron chi connectivity index (χ3n) is 9.83. The number of nitrogen functional groups attached to an aromatic ring is 1. The molecule has 1 aromatic carbocycles. The maximum atomic E-state index is 13.6. The predicted octanol–water partition coefficient (Wildman–Crippen LogP) is 8.72. The third-order valence-corrected chi connectivity index (χ3v) is 21.5. The van der Waals surface area contributed by atoms with Gasteiger partial charge in [-0.1, -0.05) is 59.4 Å². The number of aromatic nitrogens is 1. The number of hydrogen-bond acceptors (Lipinski definition) is 7. The summed E-state index contributed by atoms with van der Waals surface area (Å²) in [5.74, 6) is 6.26. The first-order chi connectivity index (χ1) is 23.5. The van der Waals surface area contributed by atoms with Crippen molar-refractivity contribution in [3.8, 4) is 11.8 Å². The summed E-state index contributed by atoms with van der Waals surface area (Å²) in [6.07, 6.45) is 4.02. The first kappa shape index (κ1) is 42.0. The Morgan fingerprint density at radius 1 is 0.961 bits per heavy atom. The quantitative estimate of drug-likeness (QED) is 0.0586. The minimum Gasteiger partial charge on any atom is -0.459 e. The fourth-order valence-corrected chi connectivity index (χ4v) is 8.79. The lowest BCUT2D eigenvalue weighted by Crippen LogP contribution is -2.41. The van der Waals surface area contributed by atoms with Crippen LogP contribution in [0.5, 0.6) is 0 Å². The number of nitrogens with zero attached hydrogens (tertiary/aromatic N) is 2. The van der Waals surface area contributed by atoms with Crippen molar-refractivity contribution in [3.63, 3.8) is 0 Å². The Hall–Kier alpha value is -3.39. The molecule has 0 aliphatic rings. The maximum absolute atomic E-state index is 13.6. The van der Waals surface area contributed by atoms with E-state index in [0.29, 0.717) is 54.4 Å². The predicted molar refractivity (Wildman–Crippen MR) is 216 cm³/mol. The van der Waals surface area contributed by atoms with Gasteiger partial charge in [0.1, 0.15) is 5.82 Å². The van der Waals surface area contributed by atoms with Crippen molar-refractivity contribution in [3.05, 3.63) is 76.9 Å². The van der Waals surface area contributed by atoms with Crippen molar-refractivity contribution in [2.24, 2.45) is 4.36 Å². The Morgan fingerprint density at radius 2 is 1.55 bits per heavy atom. The van der Waals surface area contributed by atoms with Crippen LogP contribution in [-0.4, -0.2) is 62.7 Å². The number of thiol groups is 1. The number of carbonyl (C=O) groups is 2. The molecule has 0 unspecified atom stereocenters. The molecule has 0 radical (unpaired) electrons. The van der Waals surface area contributed by atoms with Crippen molar-refractivity contribution in [1.82, 2.24) is 4.98 Å². The number of rotatable bonds is 13. The van der Waals surface area contributed by atoms with Gasteiger partial charge in [0, 0.05) is 47.7 Å². The van der Waals surface area contributed by atoms with Crippen LogP contribution >= 0.6 is 0 Å². The number of pyridine rings is 1. The van der Waals surface area contributed by atoms with E-state index in [1.54, 1.807) is 43.3 Å². The second-order valence-corrected chi connectivity index (χ2v) is 28.5. The van der Waals surface area contributed by atoms with Gasteiger partial charge >= 0.3 is 0 Å². The molecule has 2 aromatic heterocycles. The summed E-state index contributed by atoms with van der Waals surface area (Å²) < 4.78 is 34.4. The molecule has 0 bridgehead atoms. The number of nitrogens with two attached hydrogens (primary N) is 1. The highest BCUT2D eigenvalue weighted by Gasteiger charge is 2.38. The van der Waals surface area contributed by atoms with E-state index >= 15 is 0 Å². The highest BCUT2D eigenvalue weighted by molar-refractivity contribution is 8.00. The SMILES string of the molecule is Cc1ccoc1C(=O)Nc1cccc(C#Cc2cc(C(=O)N=[SH](O)(CCCO[Si](C)(C)C(C)(C)C)CCCO[Si](C)(C)C(C)(C)C)cnc2N)c1. The number of nitrogens with one attached hydrogen (secondary N) is 1. The molecule has 13 heteroatoms. The van der Waals surface area contributed by atoms with Crippen molar-refractivity contribution in [2.45, 2.75) is 97.6 Å². The number of aryl methyl sites for hydroxylation is 1. The maximum Gasteiger partial charge on any atom is 0.291 e. The second kappa shape index (κ2) is 17.0. The number of hydrogen-bond donors (Lipinski definition) is 4. The molecule has 0 spiro atoms. The van der Waals surface area contributed by atoms with E-state index in [9.17, 15) is 14.1 Å². The molecule has 3 aromatic rings. The van der Waals surface area contributed by atoms with Gasteiger partial charge in [0.15, 0.2) is 22.4 Å². The zero-order chi connectivity index (χ0) is 38.3. The lowest BCUT2D eigenvalue weighted by atomic mass is 10.1. The lowest BCUT2D eigenvalue weighted by molar-refractivity contribution is 0.0991. The van der Waals surface area contributed by atoms with E-state index in [2.05, 4.69) is 94.2 Å². The van der Waals surface area contributed by atoms with Gasteiger partial charge in [-0.2, -0.15) is 4.36 Å². The monoisotopic (exact) mass is 754 g/mol. The summed E-state index contributed by atoms with van der Waals surface area (Å²) in [7, 11) is -6.98. The molecule has 0 atom stereocenters. The van der Waals surface area contributed by atoms with E-state index in [1.165, 1.54) is 12.5 Å². The molecule has 280 valence electrons. The van der Waals surface area contributed by atoms with Crippen molar-refractivity contribution < 1.29 is 27.4 Å². The zero-order valence-electron chi connectivity index (χ0n) is 32.3. The van der Waals surface area contributed by atoms with Crippen LogP contribution in [0, 0.1) is 18.8 Å². The Kier molecular flexibility index (Phi) is 14.0. The van der Waals surface area contributed by atoms with Gasteiger partial charge < -0.3 is 28.9 Å². The van der Waals surface area contributed by atoms with Gasteiger partial charge in [0.2, 0.25) is 0 Å². The van der Waals surface area contributed by atoms with Crippen molar-refractivity contribution >= 4 is 50.1 Å². The van der Waals surface area contributed by atoms with Crippen LogP contribution in [0.2, 0.25) is 36.3 Å². The van der Waals surface area contributed by atoms with Crippen LogP contribution in [-0.2, 0) is 19.0 Å². The molecule has 2 heterocycles. The molecular formula is C38H58N4O6SSi2. The van der Waals surface area contributed by atoms with E-state index in [0.717, 1.165) is 5.56 Å². The summed E-state index contributed by atoms with van der Waals surface area (Å²) in [5.41, 5.74) is 8.59. The minimum atomic E-state index is -3.06. The van der Waals surface area contributed by atoms with Crippen LogP contribution in [0.25, 0.3) is 0 Å². The molecular weight excluding hydrogens is 697 g/mol. The number of anilines is 2. The second-order valence-electron chi connectivity index (χ2n) is 16.0. The molecule has 0 saturated carbocycles. The van der Waals surface area contributed by atoms with Crippen molar-refractivity contribution in [1.29, 1.82) is 0 Å². The number of carbonyl (C=O) groups excluding carboxylic acids is 2. The molecule has 51 heavy (non-hydrogen) atoms. The number of amides is 2. The van der Waals surface area contributed by atoms with E-state index in [1.807, 2.05) is 0 Å². The Morgan fingerprint density at radius 3 is 2.08 bits per heavy atom. The molecule has 3 rings (SSSR count). The zero-order valence-corrected chi connectivity index (χ0v) is 35.2. The first-order valence-corrected chi connectivity index (χ1v) is 25.3. The van der Waals surface area contributed by atoms with Crippen molar-refractivity contribution in [2.75, 3.05) is 35.8 Å². The number of furan rings is 1. The summed E-state index contributed by atoms with van der Waals surface area (Å²) in [6.45, 7) is 24.8. The van der Waals surface area contributed by atoms with Gasteiger partial charge in [-0.3, -0.25) is 9.59 Å². The average molecular weight is 755 g/mol. The normalized spacial score (nSPS) is 12.9. The largest absolute Gasteiger partial charge is 0.459 e. The molecule has 0 aliphatic carbocycles. The van der Waals surface area contributed by atoms with Gasteiger partial charge in [-0.05, 0) is 86.4 Å². The van der Waals surface area contributed by atoms with Crippen LogP contribution in [0.3, 0.4) is 0 Å². The molecule has 0 aliphatic heterocycles. The van der Waals surface area contributed by atoms with E-state index in [4.69, 9.17) is 19.0 Å². The lowest BCUT2D eigenvalue weighted by Gasteiger charge is -2.37. The van der Waals surface area contributed by atoms with Gasteiger partial charge in [-0.25, -0.2) is 4.98 Å². The van der Waals surface area contributed by atoms with Crippen LogP contribution in [0.1, 0.15) is 92.0 Å².